The molecule has 0 unspecified atom stereocenters. The first kappa shape index (κ1) is 19.7. The van der Waals surface area contributed by atoms with E-state index in [1.165, 1.54) is 6.07 Å². The lowest BCUT2D eigenvalue weighted by Crippen LogP contribution is -2.16. The van der Waals surface area contributed by atoms with Crippen LogP contribution in [0.25, 0.3) is 0 Å². The molecule has 0 saturated carbocycles. The summed E-state index contributed by atoms with van der Waals surface area (Å²) in [5, 5.41) is 1.95. The first-order chi connectivity index (χ1) is 13.3. The van der Waals surface area contributed by atoms with Crippen molar-refractivity contribution >= 4 is 23.2 Å². The van der Waals surface area contributed by atoms with Gasteiger partial charge < -0.3 is 14.5 Å². The molecule has 3 aromatic rings. The quantitative estimate of drug-likeness (QED) is 0.341. The Kier molecular flexibility index (Phi) is 5.55. The zero-order valence-corrected chi connectivity index (χ0v) is 14.4. The molecule has 0 aliphatic rings. The van der Waals surface area contributed by atoms with Crippen LogP contribution >= 0.6 is 11.6 Å². The van der Waals surface area contributed by atoms with Crippen LogP contribution in [-0.4, -0.2) is 5.91 Å². The third-order valence-corrected chi connectivity index (χ3v) is 3.85. The van der Waals surface area contributed by atoms with Crippen molar-refractivity contribution in [2.45, 2.75) is 6.61 Å². The van der Waals surface area contributed by atoms with Gasteiger partial charge in [0, 0.05) is 0 Å². The maximum Gasteiger partial charge on any atom is 0.291 e. The summed E-state index contributed by atoms with van der Waals surface area (Å²) in [6.45, 7) is -0.125. The summed E-state index contributed by atoms with van der Waals surface area (Å²) < 4.78 is 77.2. The highest BCUT2D eigenvalue weighted by atomic mass is 35.5. The summed E-state index contributed by atoms with van der Waals surface area (Å²) in [5.74, 6) is -12.2. The topological polar surface area (TPSA) is 51.5 Å². The number of anilines is 1. The minimum Gasteiger partial charge on any atom is -0.484 e. The minimum atomic E-state index is -2.33. The number of carbonyl (C=O) groups excluding carboxylic acids is 1. The van der Waals surface area contributed by atoms with Gasteiger partial charge in [-0.15, -0.1) is 0 Å². The van der Waals surface area contributed by atoms with E-state index >= 15 is 0 Å². The Morgan fingerprint density at radius 3 is 2.18 bits per heavy atom. The Bertz CT molecular complexity index is 1020. The van der Waals surface area contributed by atoms with Crippen molar-refractivity contribution in [2.75, 3.05) is 5.32 Å². The number of amides is 1. The Hall–Kier alpha value is -3.07. The van der Waals surface area contributed by atoms with Gasteiger partial charge >= 0.3 is 0 Å². The fraction of sp³-hybridized carbons (Fsp3) is 0.0556. The molecule has 0 aliphatic heterocycles. The van der Waals surface area contributed by atoms with E-state index in [1.54, 1.807) is 29.6 Å². The maximum absolute atomic E-state index is 13.6. The number of furan rings is 1. The van der Waals surface area contributed by atoms with Gasteiger partial charge in [-0.05, 0) is 24.3 Å². The van der Waals surface area contributed by atoms with Gasteiger partial charge in [0.05, 0.1) is 5.02 Å². The molecule has 28 heavy (non-hydrogen) atoms. The molecule has 146 valence electrons. The largest absolute Gasteiger partial charge is 0.484 e. The third-order valence-electron chi connectivity index (χ3n) is 3.54. The van der Waals surface area contributed by atoms with Gasteiger partial charge in [0.15, 0.2) is 29.0 Å². The normalized spacial score (nSPS) is 10.8. The summed E-state index contributed by atoms with van der Waals surface area (Å²) in [7, 11) is 0. The molecule has 0 aliphatic carbocycles. The Morgan fingerprint density at radius 1 is 0.929 bits per heavy atom. The predicted octanol–water partition coefficient (Wildman–Crippen LogP) is 5.46. The van der Waals surface area contributed by atoms with Crippen molar-refractivity contribution in [1.82, 2.24) is 0 Å². The molecule has 1 aromatic heterocycles. The average Bonchev–Trinajstić information content (AvgIpc) is 3.16. The van der Waals surface area contributed by atoms with Crippen LogP contribution < -0.4 is 10.1 Å². The number of benzene rings is 2. The maximum atomic E-state index is 13.6. The second kappa shape index (κ2) is 7.89. The summed E-state index contributed by atoms with van der Waals surface area (Å²) in [6, 6.07) is 9.07. The molecule has 0 atom stereocenters. The minimum absolute atomic E-state index is 0.125. The molecule has 0 fully saturated rings. The van der Waals surface area contributed by atoms with Crippen molar-refractivity contribution < 1.29 is 35.9 Å². The van der Waals surface area contributed by atoms with E-state index in [0.717, 1.165) is 6.07 Å². The lowest BCUT2D eigenvalue weighted by atomic mass is 10.2. The fourth-order valence-electron chi connectivity index (χ4n) is 2.18. The molecule has 0 bridgehead atoms. The molecule has 0 radical (unpaired) electrons. The zero-order chi connectivity index (χ0) is 20.4. The van der Waals surface area contributed by atoms with Gasteiger partial charge in [0.1, 0.15) is 23.8 Å². The van der Waals surface area contributed by atoms with Crippen LogP contribution in [0, 0.1) is 29.1 Å². The van der Waals surface area contributed by atoms with E-state index in [0.29, 0.717) is 10.8 Å². The predicted molar refractivity (Wildman–Crippen MR) is 88.7 cm³/mol. The summed E-state index contributed by atoms with van der Waals surface area (Å²) in [4.78, 5) is 12.0. The molecular weight excluding hydrogens is 409 g/mol. The number of halogens is 6. The molecule has 3 rings (SSSR count). The van der Waals surface area contributed by atoms with E-state index in [-0.39, 0.29) is 12.4 Å². The van der Waals surface area contributed by atoms with Crippen LogP contribution in [0.1, 0.15) is 16.3 Å². The average molecular weight is 418 g/mol. The third kappa shape index (κ3) is 3.79. The first-order valence-electron chi connectivity index (χ1n) is 7.58. The van der Waals surface area contributed by atoms with E-state index in [1.807, 2.05) is 0 Å². The second-order valence-electron chi connectivity index (χ2n) is 5.38. The highest BCUT2D eigenvalue weighted by molar-refractivity contribution is 6.32. The van der Waals surface area contributed by atoms with Crippen LogP contribution in [0.2, 0.25) is 5.02 Å². The molecule has 0 saturated heterocycles. The summed E-state index contributed by atoms with van der Waals surface area (Å²) in [6.07, 6.45) is 0. The van der Waals surface area contributed by atoms with Crippen LogP contribution in [0.3, 0.4) is 0 Å². The number of hydrogen-bond acceptors (Lipinski definition) is 3. The zero-order valence-electron chi connectivity index (χ0n) is 13.7. The standard InChI is InChI=1S/C18H9ClF5NO3/c19-9-3-1-2-4-10(9)27-7-8-5-6-11(28-8)18(26)25-17-15(23)13(21)12(20)14(22)16(17)24/h1-6H,7H2,(H,25,26). The van der Waals surface area contributed by atoms with E-state index in [2.05, 4.69) is 0 Å². The van der Waals surface area contributed by atoms with Crippen LogP contribution in [0.4, 0.5) is 27.6 Å². The highest BCUT2D eigenvalue weighted by Crippen LogP contribution is 2.28. The monoisotopic (exact) mass is 417 g/mol. The van der Waals surface area contributed by atoms with Gasteiger partial charge in [0.2, 0.25) is 5.82 Å². The number of hydrogen-bond donors (Lipinski definition) is 1. The van der Waals surface area contributed by atoms with Gasteiger partial charge in [-0.25, -0.2) is 22.0 Å². The number of rotatable bonds is 5. The number of para-hydroxylation sites is 1. The van der Waals surface area contributed by atoms with Gasteiger partial charge in [-0.1, -0.05) is 23.7 Å². The van der Waals surface area contributed by atoms with Crippen molar-refractivity contribution in [2.24, 2.45) is 0 Å². The van der Waals surface area contributed by atoms with E-state index < -0.39 is 46.4 Å². The first-order valence-corrected chi connectivity index (χ1v) is 7.96. The smallest absolute Gasteiger partial charge is 0.291 e. The molecule has 2 aromatic carbocycles. The van der Waals surface area contributed by atoms with Crippen LogP contribution in [0.15, 0.2) is 40.8 Å². The molecule has 1 heterocycles. The Morgan fingerprint density at radius 2 is 1.54 bits per heavy atom. The fourth-order valence-corrected chi connectivity index (χ4v) is 2.37. The number of ether oxygens (including phenoxy) is 1. The molecule has 1 amide bonds. The van der Waals surface area contributed by atoms with Crippen molar-refractivity contribution in [3.8, 4) is 5.75 Å². The SMILES string of the molecule is O=C(Nc1c(F)c(F)c(F)c(F)c1F)c1ccc(COc2ccccc2Cl)o1. The van der Waals surface area contributed by atoms with E-state index in [9.17, 15) is 26.7 Å². The molecule has 10 heteroatoms. The lowest BCUT2D eigenvalue weighted by molar-refractivity contribution is 0.0991. The van der Waals surface area contributed by atoms with Crippen molar-refractivity contribution in [3.63, 3.8) is 0 Å². The molecule has 1 N–H and O–H groups in total. The van der Waals surface area contributed by atoms with Crippen LogP contribution in [0.5, 0.6) is 5.75 Å². The van der Waals surface area contributed by atoms with Gasteiger partial charge in [-0.3, -0.25) is 4.79 Å². The molecule has 4 nitrogen and oxygen atoms in total. The summed E-state index contributed by atoms with van der Waals surface area (Å²) in [5.41, 5.74) is -1.48. The number of carbonyl (C=O) groups is 1. The Balaban J connectivity index is 1.74. The van der Waals surface area contributed by atoms with E-state index in [4.69, 9.17) is 20.8 Å². The van der Waals surface area contributed by atoms with Crippen molar-refractivity contribution in [1.29, 1.82) is 0 Å². The van der Waals surface area contributed by atoms with Gasteiger partial charge in [-0.2, -0.15) is 0 Å². The highest BCUT2D eigenvalue weighted by Gasteiger charge is 2.27. The summed E-state index contributed by atoms with van der Waals surface area (Å²) >= 11 is 5.92. The van der Waals surface area contributed by atoms with Crippen molar-refractivity contribution in [3.05, 3.63) is 82.0 Å². The van der Waals surface area contributed by atoms with Gasteiger partial charge in [0.25, 0.3) is 5.91 Å². The van der Waals surface area contributed by atoms with Crippen LogP contribution in [-0.2, 0) is 6.61 Å². The molecular formula is C18H9ClF5NO3. The molecule has 0 spiro atoms. The Labute approximate surface area is 159 Å². The second-order valence-corrected chi connectivity index (χ2v) is 5.79. The lowest BCUT2D eigenvalue weighted by Gasteiger charge is -2.09. The number of nitrogens with one attached hydrogen (secondary N) is 1.